The second kappa shape index (κ2) is 6.63. The Labute approximate surface area is 150 Å². The van der Waals surface area contributed by atoms with Crippen LogP contribution in [0.5, 0.6) is 0 Å². The van der Waals surface area contributed by atoms with E-state index < -0.39 is 5.91 Å². The average Bonchev–Trinajstić information content (AvgIpc) is 2.65. The molecule has 0 fully saturated rings. The zero-order chi connectivity index (χ0) is 18.1. The zero-order valence-corrected chi connectivity index (χ0v) is 14.4. The number of anilines is 1. The minimum absolute atomic E-state index is 0.165. The summed E-state index contributed by atoms with van der Waals surface area (Å²) in [6.45, 7) is 1.18. The molecule has 0 bridgehead atoms. The van der Waals surface area contributed by atoms with Crippen molar-refractivity contribution in [3.63, 3.8) is 0 Å². The molecule has 6 nitrogen and oxygen atoms in total. The van der Waals surface area contributed by atoms with Crippen molar-refractivity contribution in [3.8, 4) is 0 Å². The van der Waals surface area contributed by atoms with Gasteiger partial charge in [-0.3, -0.25) is 14.2 Å². The molecule has 2 aromatic carbocycles. The average molecular weight is 348 g/mol. The standard InChI is InChI=1S/C20H20N4O2/c21-18(25)12-24-19(22-16-9-3-2-8-15(16)20(24)26)13-23-11-5-7-14-6-1-4-10-17(14)23/h1-4,6,8-10H,5,7,11-13H2,(H2,21,25). The smallest absolute Gasteiger partial charge is 0.261 e. The number of carbonyl (C=O) groups excluding carboxylic acids is 1. The third-order valence-corrected chi connectivity index (χ3v) is 4.79. The van der Waals surface area contributed by atoms with Gasteiger partial charge in [0.1, 0.15) is 12.4 Å². The predicted octanol–water partition coefficient (Wildman–Crippen LogP) is 1.83. The predicted molar refractivity (Wildman–Crippen MR) is 101 cm³/mol. The maximum absolute atomic E-state index is 12.9. The van der Waals surface area contributed by atoms with Crippen LogP contribution in [-0.2, 0) is 24.3 Å². The van der Waals surface area contributed by atoms with Gasteiger partial charge in [-0.25, -0.2) is 4.98 Å². The number of aryl methyl sites for hydroxylation is 1. The summed E-state index contributed by atoms with van der Waals surface area (Å²) >= 11 is 0. The van der Waals surface area contributed by atoms with Crippen LogP contribution in [0.3, 0.4) is 0 Å². The van der Waals surface area contributed by atoms with Crippen LogP contribution in [-0.4, -0.2) is 22.0 Å². The van der Waals surface area contributed by atoms with Gasteiger partial charge in [0.2, 0.25) is 5.91 Å². The molecular weight excluding hydrogens is 328 g/mol. The van der Waals surface area contributed by atoms with E-state index in [1.54, 1.807) is 12.1 Å². The molecule has 132 valence electrons. The summed E-state index contributed by atoms with van der Waals surface area (Å²) < 4.78 is 1.40. The van der Waals surface area contributed by atoms with Crippen molar-refractivity contribution in [3.05, 3.63) is 70.3 Å². The number of rotatable bonds is 4. The lowest BCUT2D eigenvalue weighted by Gasteiger charge is -2.31. The summed E-state index contributed by atoms with van der Waals surface area (Å²) in [7, 11) is 0. The number of hydrogen-bond acceptors (Lipinski definition) is 4. The largest absolute Gasteiger partial charge is 0.368 e. The van der Waals surface area contributed by atoms with E-state index in [2.05, 4.69) is 22.0 Å². The third-order valence-electron chi connectivity index (χ3n) is 4.79. The Balaban J connectivity index is 1.81. The maximum Gasteiger partial charge on any atom is 0.261 e. The molecule has 1 amide bonds. The summed E-state index contributed by atoms with van der Waals surface area (Å²) in [5.74, 6) is 0.00804. The fourth-order valence-corrected chi connectivity index (χ4v) is 3.60. The van der Waals surface area contributed by atoms with Gasteiger partial charge < -0.3 is 10.6 Å². The maximum atomic E-state index is 12.9. The van der Waals surface area contributed by atoms with E-state index in [4.69, 9.17) is 5.73 Å². The van der Waals surface area contributed by atoms with Crippen molar-refractivity contribution in [2.24, 2.45) is 5.73 Å². The van der Waals surface area contributed by atoms with Gasteiger partial charge in [-0.2, -0.15) is 0 Å². The molecule has 0 spiro atoms. The lowest BCUT2D eigenvalue weighted by molar-refractivity contribution is -0.118. The highest BCUT2D eigenvalue weighted by molar-refractivity contribution is 5.78. The topological polar surface area (TPSA) is 81.2 Å². The van der Waals surface area contributed by atoms with E-state index in [-0.39, 0.29) is 12.1 Å². The molecule has 3 aromatic rings. The zero-order valence-electron chi connectivity index (χ0n) is 14.4. The van der Waals surface area contributed by atoms with Crippen LogP contribution in [0, 0.1) is 0 Å². The van der Waals surface area contributed by atoms with Gasteiger partial charge in [0.25, 0.3) is 5.56 Å². The Morgan fingerprint density at radius 1 is 1.12 bits per heavy atom. The van der Waals surface area contributed by atoms with Gasteiger partial charge in [-0.1, -0.05) is 30.3 Å². The normalized spacial score (nSPS) is 13.6. The summed E-state index contributed by atoms with van der Waals surface area (Å²) in [4.78, 5) is 31.3. The lowest BCUT2D eigenvalue weighted by atomic mass is 10.0. The first-order valence-electron chi connectivity index (χ1n) is 8.73. The van der Waals surface area contributed by atoms with E-state index in [1.807, 2.05) is 24.3 Å². The number of amides is 1. The number of primary amides is 1. The molecule has 0 aliphatic carbocycles. The van der Waals surface area contributed by atoms with E-state index >= 15 is 0 Å². The molecule has 6 heteroatoms. The Kier molecular flexibility index (Phi) is 4.16. The van der Waals surface area contributed by atoms with Crippen molar-refractivity contribution in [1.29, 1.82) is 0 Å². The lowest BCUT2D eigenvalue weighted by Crippen LogP contribution is -2.36. The molecule has 0 saturated heterocycles. The molecule has 2 heterocycles. The van der Waals surface area contributed by atoms with Gasteiger partial charge in [0.05, 0.1) is 17.4 Å². The highest BCUT2D eigenvalue weighted by Crippen LogP contribution is 2.27. The number of para-hydroxylation sites is 2. The van der Waals surface area contributed by atoms with Gasteiger partial charge in [0.15, 0.2) is 0 Å². The second-order valence-electron chi connectivity index (χ2n) is 6.56. The van der Waals surface area contributed by atoms with Crippen LogP contribution in [0.25, 0.3) is 10.9 Å². The van der Waals surface area contributed by atoms with Crippen LogP contribution in [0.4, 0.5) is 5.69 Å². The molecule has 0 saturated carbocycles. The molecule has 1 aliphatic rings. The minimum atomic E-state index is -0.551. The molecule has 4 rings (SSSR count). The van der Waals surface area contributed by atoms with Crippen molar-refractivity contribution in [2.45, 2.75) is 25.9 Å². The number of aromatic nitrogens is 2. The number of hydrogen-bond donors (Lipinski definition) is 1. The SMILES string of the molecule is NC(=O)Cn1c(CN2CCCc3ccccc32)nc2ccccc2c1=O. The summed E-state index contributed by atoms with van der Waals surface area (Å²) in [5, 5.41) is 0.497. The van der Waals surface area contributed by atoms with Gasteiger partial charge in [-0.15, -0.1) is 0 Å². The number of carbonyl (C=O) groups is 1. The monoisotopic (exact) mass is 348 g/mol. The van der Waals surface area contributed by atoms with E-state index in [0.717, 1.165) is 25.1 Å². The second-order valence-corrected chi connectivity index (χ2v) is 6.56. The quantitative estimate of drug-likeness (QED) is 0.780. The molecule has 1 aliphatic heterocycles. The molecule has 26 heavy (non-hydrogen) atoms. The van der Waals surface area contributed by atoms with Crippen LogP contribution >= 0.6 is 0 Å². The van der Waals surface area contributed by atoms with Crippen LogP contribution in [0.1, 0.15) is 17.8 Å². The molecule has 0 unspecified atom stereocenters. The number of benzene rings is 2. The minimum Gasteiger partial charge on any atom is -0.368 e. The summed E-state index contributed by atoms with van der Waals surface area (Å²) in [6.07, 6.45) is 2.09. The van der Waals surface area contributed by atoms with E-state index in [9.17, 15) is 9.59 Å². The van der Waals surface area contributed by atoms with E-state index in [1.165, 1.54) is 10.1 Å². The van der Waals surface area contributed by atoms with Crippen molar-refractivity contribution in [2.75, 3.05) is 11.4 Å². The highest BCUT2D eigenvalue weighted by Gasteiger charge is 2.20. The Morgan fingerprint density at radius 3 is 2.73 bits per heavy atom. The Bertz CT molecular complexity index is 1040. The highest BCUT2D eigenvalue weighted by atomic mass is 16.2. The number of nitrogens with zero attached hydrogens (tertiary/aromatic N) is 3. The first-order chi connectivity index (χ1) is 12.6. The van der Waals surface area contributed by atoms with Crippen LogP contribution in [0.15, 0.2) is 53.3 Å². The van der Waals surface area contributed by atoms with Crippen LogP contribution in [0.2, 0.25) is 0 Å². The first-order valence-corrected chi connectivity index (χ1v) is 8.73. The fraction of sp³-hybridized carbons (Fsp3) is 0.250. The van der Waals surface area contributed by atoms with Gasteiger partial charge in [-0.05, 0) is 36.6 Å². The van der Waals surface area contributed by atoms with Gasteiger partial charge >= 0.3 is 0 Å². The van der Waals surface area contributed by atoms with E-state index in [0.29, 0.717) is 23.3 Å². The fourth-order valence-electron chi connectivity index (χ4n) is 3.60. The van der Waals surface area contributed by atoms with Crippen molar-refractivity contribution >= 4 is 22.5 Å². The Morgan fingerprint density at radius 2 is 1.88 bits per heavy atom. The third kappa shape index (κ3) is 2.94. The first kappa shape index (κ1) is 16.3. The van der Waals surface area contributed by atoms with Gasteiger partial charge in [0, 0.05) is 12.2 Å². The molecule has 1 aromatic heterocycles. The summed E-state index contributed by atoms with van der Waals surface area (Å²) in [6, 6.07) is 15.5. The van der Waals surface area contributed by atoms with Crippen molar-refractivity contribution in [1.82, 2.24) is 9.55 Å². The summed E-state index contributed by atoms with van der Waals surface area (Å²) in [5.41, 5.74) is 8.24. The molecule has 2 N–H and O–H groups in total. The molecular formula is C20H20N4O2. The van der Waals surface area contributed by atoms with Crippen LogP contribution < -0.4 is 16.2 Å². The molecule has 0 atom stereocenters. The number of nitrogens with two attached hydrogens (primary N) is 1. The molecule has 0 radical (unpaired) electrons. The van der Waals surface area contributed by atoms with Crippen molar-refractivity contribution < 1.29 is 4.79 Å². The Hall–Kier alpha value is -3.15. The number of fused-ring (bicyclic) bond motifs is 2.